The molecule has 0 aromatic heterocycles. The van der Waals surface area contributed by atoms with Crippen molar-refractivity contribution in [3.05, 3.63) is 0 Å². The molecule has 2 amide bonds. The van der Waals surface area contributed by atoms with Gasteiger partial charge in [-0.2, -0.15) is 0 Å². The van der Waals surface area contributed by atoms with Crippen LogP contribution in [0.15, 0.2) is 0 Å². The van der Waals surface area contributed by atoms with Gasteiger partial charge in [-0.05, 0) is 19.3 Å². The van der Waals surface area contributed by atoms with E-state index in [2.05, 4.69) is 5.32 Å². The number of nitrogens with one attached hydrogen (secondary N) is 1. The van der Waals surface area contributed by atoms with Crippen LogP contribution < -0.4 is 5.32 Å². The Bertz CT molecular complexity index is 349. The Morgan fingerprint density at radius 2 is 2.11 bits per heavy atom. The van der Waals surface area contributed by atoms with Crippen molar-refractivity contribution in [3.8, 4) is 0 Å². The molecule has 3 N–H and O–H groups in total. The minimum atomic E-state index is -0.945. The number of carbonyl (C=O) groups excluding carboxylic acids is 1. The number of carboxylic acid groups (broad SMARTS) is 1. The summed E-state index contributed by atoms with van der Waals surface area (Å²) in [4.78, 5) is 24.2. The van der Waals surface area contributed by atoms with Crippen LogP contribution in [0.3, 0.4) is 0 Å². The van der Waals surface area contributed by atoms with Gasteiger partial charge in [-0.15, -0.1) is 0 Å². The summed E-state index contributed by atoms with van der Waals surface area (Å²) in [6, 6.07) is -0.168. The fourth-order valence-corrected chi connectivity index (χ4v) is 2.52. The van der Waals surface area contributed by atoms with E-state index < -0.39 is 12.1 Å². The third kappa shape index (κ3) is 3.57. The second-order valence-electron chi connectivity index (χ2n) is 5.13. The zero-order valence-corrected chi connectivity index (χ0v) is 10.7. The van der Waals surface area contributed by atoms with Gasteiger partial charge in [0.05, 0.1) is 6.10 Å². The highest BCUT2D eigenvalue weighted by molar-refractivity contribution is 5.74. The summed E-state index contributed by atoms with van der Waals surface area (Å²) >= 11 is 0. The lowest BCUT2D eigenvalue weighted by atomic mass is 10.1. The molecule has 2 saturated heterocycles. The molecule has 2 fully saturated rings. The average molecular weight is 272 g/mol. The fraction of sp³-hybridized carbons (Fsp3) is 0.833. The first kappa shape index (κ1) is 14.1. The van der Waals surface area contributed by atoms with Gasteiger partial charge >= 0.3 is 12.0 Å². The molecule has 2 aliphatic heterocycles. The highest BCUT2D eigenvalue weighted by Gasteiger charge is 2.31. The zero-order chi connectivity index (χ0) is 13.8. The normalized spacial score (nSPS) is 30.6. The van der Waals surface area contributed by atoms with Gasteiger partial charge in [0.2, 0.25) is 0 Å². The Kier molecular flexibility index (Phi) is 4.60. The quantitative estimate of drug-likeness (QED) is 0.649. The molecule has 0 saturated carbocycles. The molecule has 2 rings (SSSR count). The number of hydrogen-bond acceptors (Lipinski definition) is 4. The van der Waals surface area contributed by atoms with Crippen molar-refractivity contribution >= 4 is 12.0 Å². The molecular formula is C12H20N2O5. The summed E-state index contributed by atoms with van der Waals surface area (Å²) < 4.78 is 5.31. The van der Waals surface area contributed by atoms with Gasteiger partial charge in [0.1, 0.15) is 0 Å². The maximum absolute atomic E-state index is 11.8. The Balaban J connectivity index is 1.69. The smallest absolute Gasteiger partial charge is 0.332 e. The van der Waals surface area contributed by atoms with Crippen LogP contribution in [0.1, 0.15) is 19.3 Å². The van der Waals surface area contributed by atoms with Crippen molar-refractivity contribution in [1.82, 2.24) is 10.2 Å². The molecule has 0 radical (unpaired) electrons. The number of nitrogens with zero attached hydrogens (tertiary/aromatic N) is 1. The van der Waals surface area contributed by atoms with E-state index in [1.807, 2.05) is 0 Å². The highest BCUT2D eigenvalue weighted by atomic mass is 16.5. The first-order chi connectivity index (χ1) is 9.10. The Morgan fingerprint density at radius 3 is 2.68 bits per heavy atom. The van der Waals surface area contributed by atoms with Crippen molar-refractivity contribution in [3.63, 3.8) is 0 Å². The van der Waals surface area contributed by atoms with Crippen molar-refractivity contribution < 1.29 is 24.5 Å². The van der Waals surface area contributed by atoms with Gasteiger partial charge < -0.3 is 25.2 Å². The van der Waals surface area contributed by atoms with E-state index in [9.17, 15) is 9.59 Å². The number of hydrogen-bond donors (Lipinski definition) is 3. The molecule has 7 heteroatoms. The van der Waals surface area contributed by atoms with E-state index in [0.29, 0.717) is 32.5 Å². The van der Waals surface area contributed by atoms with Crippen LogP contribution in [0.25, 0.3) is 0 Å². The summed E-state index contributed by atoms with van der Waals surface area (Å²) in [5.74, 6) is -0.774. The van der Waals surface area contributed by atoms with Crippen molar-refractivity contribution in [2.24, 2.45) is 5.92 Å². The number of amides is 2. The van der Waals surface area contributed by atoms with Gasteiger partial charge in [-0.1, -0.05) is 0 Å². The summed E-state index contributed by atoms with van der Waals surface area (Å²) in [6.45, 7) is 1.67. The number of aliphatic hydroxyl groups is 1. The summed E-state index contributed by atoms with van der Waals surface area (Å²) in [5, 5.41) is 20.6. The molecule has 19 heavy (non-hydrogen) atoms. The van der Waals surface area contributed by atoms with Gasteiger partial charge in [-0.3, -0.25) is 0 Å². The predicted octanol–water partition coefficient (Wildman–Crippen LogP) is -0.358. The third-order valence-electron chi connectivity index (χ3n) is 3.70. The van der Waals surface area contributed by atoms with Gasteiger partial charge in [0.15, 0.2) is 6.10 Å². The third-order valence-corrected chi connectivity index (χ3v) is 3.70. The SMILES string of the molecule is O=C(O)C1CCC(CNC(=O)N2CCC(CO)C2)O1. The van der Waals surface area contributed by atoms with Gasteiger partial charge in [0, 0.05) is 32.2 Å². The monoisotopic (exact) mass is 272 g/mol. The molecular weight excluding hydrogens is 252 g/mol. The molecule has 0 aliphatic carbocycles. The number of rotatable bonds is 4. The lowest BCUT2D eigenvalue weighted by molar-refractivity contribution is -0.149. The molecule has 0 aromatic carbocycles. The van der Waals surface area contributed by atoms with Crippen molar-refractivity contribution in [2.75, 3.05) is 26.2 Å². The number of aliphatic carboxylic acids is 1. The van der Waals surface area contributed by atoms with Crippen molar-refractivity contribution in [2.45, 2.75) is 31.5 Å². The maximum Gasteiger partial charge on any atom is 0.332 e. The Morgan fingerprint density at radius 1 is 1.32 bits per heavy atom. The average Bonchev–Trinajstić information content (AvgIpc) is 3.04. The van der Waals surface area contributed by atoms with E-state index in [-0.39, 0.29) is 24.7 Å². The second kappa shape index (κ2) is 6.21. The molecule has 2 aliphatic rings. The van der Waals surface area contributed by atoms with Crippen LogP contribution in [0.2, 0.25) is 0 Å². The minimum Gasteiger partial charge on any atom is -0.479 e. The molecule has 3 atom stereocenters. The standard InChI is InChI=1S/C12H20N2O5/c15-7-8-3-4-14(6-8)12(18)13-5-9-1-2-10(19-9)11(16)17/h8-10,15H,1-7H2,(H,13,18)(H,16,17). The van der Waals surface area contributed by atoms with Crippen molar-refractivity contribution in [1.29, 1.82) is 0 Å². The predicted molar refractivity (Wildman–Crippen MR) is 65.7 cm³/mol. The van der Waals surface area contributed by atoms with E-state index in [1.54, 1.807) is 4.90 Å². The molecule has 0 spiro atoms. The van der Waals surface area contributed by atoms with Gasteiger partial charge in [-0.25, -0.2) is 9.59 Å². The van der Waals surface area contributed by atoms with Crippen LogP contribution in [-0.2, 0) is 9.53 Å². The topological polar surface area (TPSA) is 99.1 Å². The fourth-order valence-electron chi connectivity index (χ4n) is 2.52. The van der Waals surface area contributed by atoms with E-state index in [4.69, 9.17) is 14.9 Å². The largest absolute Gasteiger partial charge is 0.479 e. The summed E-state index contributed by atoms with van der Waals surface area (Å²) in [5.41, 5.74) is 0. The van der Waals surface area contributed by atoms with Crippen LogP contribution in [-0.4, -0.2) is 65.6 Å². The maximum atomic E-state index is 11.8. The van der Waals surface area contributed by atoms with Crippen LogP contribution >= 0.6 is 0 Å². The van der Waals surface area contributed by atoms with E-state index >= 15 is 0 Å². The Labute approximate surface area is 111 Å². The van der Waals surface area contributed by atoms with E-state index in [1.165, 1.54) is 0 Å². The lowest BCUT2D eigenvalue weighted by Gasteiger charge is -2.19. The minimum absolute atomic E-state index is 0.107. The first-order valence-electron chi connectivity index (χ1n) is 6.62. The molecule has 7 nitrogen and oxygen atoms in total. The highest BCUT2D eigenvalue weighted by Crippen LogP contribution is 2.19. The first-order valence-corrected chi connectivity index (χ1v) is 6.62. The molecule has 108 valence electrons. The van der Waals surface area contributed by atoms with Crippen LogP contribution in [0.5, 0.6) is 0 Å². The number of carboxylic acids is 1. The lowest BCUT2D eigenvalue weighted by Crippen LogP contribution is -2.42. The molecule has 3 unspecified atom stereocenters. The Hall–Kier alpha value is -1.34. The van der Waals surface area contributed by atoms with Gasteiger partial charge in [0.25, 0.3) is 0 Å². The number of carbonyl (C=O) groups is 2. The number of likely N-dealkylation sites (tertiary alicyclic amines) is 1. The summed E-state index contributed by atoms with van der Waals surface area (Å²) in [7, 11) is 0. The molecule has 0 bridgehead atoms. The zero-order valence-electron chi connectivity index (χ0n) is 10.7. The number of ether oxygens (including phenoxy) is 1. The molecule has 0 aromatic rings. The second-order valence-corrected chi connectivity index (χ2v) is 5.13. The summed E-state index contributed by atoms with van der Waals surface area (Å²) in [6.07, 6.45) is 1.00. The molecule has 2 heterocycles. The number of urea groups is 1. The van der Waals surface area contributed by atoms with Crippen LogP contribution in [0.4, 0.5) is 4.79 Å². The van der Waals surface area contributed by atoms with E-state index in [0.717, 1.165) is 6.42 Å². The number of aliphatic hydroxyl groups excluding tert-OH is 1. The van der Waals surface area contributed by atoms with Crippen LogP contribution in [0, 0.1) is 5.92 Å².